The largest absolute Gasteiger partial charge is 0.462 e. The molecule has 18 nitrogen and oxygen atoms in total. The molecule has 3 aromatic rings. The number of nitrogens with zero attached hydrogens (tertiary/aromatic N) is 9. The fraction of sp³-hybridized carbons (Fsp3) is 0.667. The summed E-state index contributed by atoms with van der Waals surface area (Å²) in [6.45, 7) is 14.0. The van der Waals surface area contributed by atoms with Crippen LogP contribution < -0.4 is 20.9 Å². The monoisotopic (exact) mass is 991 g/mol. The van der Waals surface area contributed by atoms with Crippen LogP contribution in [0.4, 0.5) is 23.1 Å². The topological polar surface area (TPSA) is 190 Å². The average Bonchev–Trinajstić information content (AvgIpc) is 3.81. The molecule has 2 saturated carbocycles. The highest BCUT2D eigenvalue weighted by Gasteiger charge is 2.37. The third-order valence-electron chi connectivity index (χ3n) is 16.6. The molecule has 6 fully saturated rings. The second-order valence-corrected chi connectivity index (χ2v) is 21.4. The number of likely N-dealkylation sites (tertiary alicyclic amines) is 1. The van der Waals surface area contributed by atoms with Crippen molar-refractivity contribution in [2.75, 3.05) is 94.1 Å². The zero-order valence-corrected chi connectivity index (χ0v) is 43.0. The average molecular weight is 991 g/mol. The number of esters is 1. The van der Waals surface area contributed by atoms with E-state index in [0.717, 1.165) is 153 Å². The van der Waals surface area contributed by atoms with Crippen LogP contribution in [0.2, 0.25) is 0 Å². The van der Waals surface area contributed by atoms with Crippen LogP contribution in [0.3, 0.4) is 0 Å². The van der Waals surface area contributed by atoms with Crippen LogP contribution in [-0.4, -0.2) is 160 Å². The van der Waals surface area contributed by atoms with Crippen LogP contribution in [0.5, 0.6) is 0 Å². The molecule has 4 saturated heterocycles. The van der Waals surface area contributed by atoms with Crippen molar-refractivity contribution in [3.63, 3.8) is 0 Å². The van der Waals surface area contributed by atoms with Gasteiger partial charge in [0.2, 0.25) is 29.6 Å². The van der Waals surface area contributed by atoms with E-state index in [-0.39, 0.29) is 48.1 Å². The van der Waals surface area contributed by atoms with E-state index in [1.807, 2.05) is 25.4 Å². The number of rotatable bonds is 16. The molecule has 4 aliphatic heterocycles. The Hall–Kier alpha value is -5.62. The van der Waals surface area contributed by atoms with Gasteiger partial charge in [-0.15, -0.1) is 0 Å². The van der Waals surface area contributed by atoms with Gasteiger partial charge in [-0.05, 0) is 121 Å². The molecule has 390 valence electrons. The number of amides is 4. The van der Waals surface area contributed by atoms with Gasteiger partial charge in [-0.2, -0.15) is 10.1 Å². The highest BCUT2D eigenvalue weighted by molar-refractivity contribution is 6.01. The second kappa shape index (κ2) is 23.9. The Morgan fingerprint density at radius 1 is 0.792 bits per heavy atom. The summed E-state index contributed by atoms with van der Waals surface area (Å²) in [5.74, 6) is 1.17. The van der Waals surface area contributed by atoms with Crippen molar-refractivity contribution in [3.05, 3.63) is 53.5 Å². The van der Waals surface area contributed by atoms with E-state index in [1.165, 1.54) is 19.3 Å². The number of ether oxygens (including phenoxy) is 1. The molecule has 72 heavy (non-hydrogen) atoms. The maximum atomic E-state index is 13.8. The molecule has 4 amide bonds. The molecule has 0 spiro atoms. The Labute approximate surface area is 425 Å². The minimum absolute atomic E-state index is 0.0191. The van der Waals surface area contributed by atoms with E-state index in [4.69, 9.17) is 9.72 Å². The lowest BCUT2D eigenvalue weighted by Gasteiger charge is -2.43. The van der Waals surface area contributed by atoms with Gasteiger partial charge in [0.1, 0.15) is 11.4 Å². The van der Waals surface area contributed by atoms with Gasteiger partial charge in [0.05, 0.1) is 30.1 Å². The number of aromatic nitrogens is 4. The van der Waals surface area contributed by atoms with Gasteiger partial charge in [0.25, 0.3) is 0 Å². The summed E-state index contributed by atoms with van der Waals surface area (Å²) in [5.41, 5.74) is 3.82. The number of piperidine rings is 2. The van der Waals surface area contributed by atoms with Crippen LogP contribution in [0.15, 0.2) is 36.7 Å². The number of piperazine rings is 2. The number of benzene rings is 1. The summed E-state index contributed by atoms with van der Waals surface area (Å²) < 4.78 is 7.09. The molecular weight excluding hydrogens is 913 g/mol. The van der Waals surface area contributed by atoms with Crippen molar-refractivity contribution >= 4 is 52.7 Å². The zero-order chi connectivity index (χ0) is 50.1. The number of carbonyl (C=O) groups excluding carboxylic acids is 5. The number of imide groups is 1. The van der Waals surface area contributed by atoms with Gasteiger partial charge in [-0.3, -0.25) is 39.0 Å². The first-order valence-corrected chi connectivity index (χ1v) is 27.3. The molecule has 1 atom stereocenters. The van der Waals surface area contributed by atoms with E-state index in [0.29, 0.717) is 53.7 Å². The minimum atomic E-state index is -0.433. The lowest BCUT2D eigenvalue weighted by molar-refractivity contribution is -0.143. The standard InChI is InChI=1S/C54H78N12O6/c1-4-72-53(71)48-37(2)56-54(58-43-35-55-61(3)36-43)60-49(48)57-42-15-17-44(18-16-42)63-30-32-66(33-31-63)52(70)40-13-11-39(12-14-40)51(69)65-24-21-38(22-25-65)8-5-6-23-62-26-28-64(29-27-62)45-10-7-9-41(34-45)46-19-20-47(67)59-50(46)68/h7,9-10,34-36,38-40,42,44,46H,4-6,8,11-33H2,1-3H3,(H,59,67,68)(H2,56,57,58,60). The van der Waals surface area contributed by atoms with Crippen LogP contribution >= 0.6 is 0 Å². The van der Waals surface area contributed by atoms with Crippen molar-refractivity contribution in [3.8, 4) is 0 Å². The Morgan fingerprint density at radius 3 is 2.14 bits per heavy atom. The lowest BCUT2D eigenvalue weighted by Crippen LogP contribution is -2.54. The Bertz CT molecular complexity index is 2350. The first kappa shape index (κ1) is 51.3. The van der Waals surface area contributed by atoms with Gasteiger partial charge in [0.15, 0.2) is 0 Å². The number of nitrogens with one attached hydrogen (secondary N) is 3. The van der Waals surface area contributed by atoms with Crippen molar-refractivity contribution in [2.24, 2.45) is 24.8 Å². The molecule has 2 aromatic heterocycles. The molecular formula is C54H78N12O6. The number of aryl methyl sites for hydroxylation is 2. The number of carbonyl (C=O) groups is 5. The summed E-state index contributed by atoms with van der Waals surface area (Å²) >= 11 is 0. The van der Waals surface area contributed by atoms with Crippen LogP contribution in [0, 0.1) is 24.7 Å². The molecule has 6 aliphatic rings. The Kier molecular flexibility index (Phi) is 17.1. The predicted molar refractivity (Wildman–Crippen MR) is 276 cm³/mol. The Balaban J connectivity index is 0.633. The third-order valence-corrected chi connectivity index (χ3v) is 16.6. The fourth-order valence-electron chi connectivity index (χ4n) is 12.4. The number of hydrogen-bond donors (Lipinski definition) is 3. The SMILES string of the molecule is CCOC(=O)c1c(C)nc(Nc2cnn(C)c2)nc1NC1CCC(N2CCN(C(=O)C3CCC(C(=O)N4CCC(CCCCN5CCN(c6cccc(C7CCC(=O)NC7=O)c6)CC5)CC4)CC3)CC2)CC1. The number of anilines is 4. The smallest absolute Gasteiger partial charge is 0.343 e. The van der Waals surface area contributed by atoms with E-state index in [9.17, 15) is 24.0 Å². The first-order chi connectivity index (χ1) is 35.0. The number of hydrogen-bond acceptors (Lipinski definition) is 14. The highest BCUT2D eigenvalue weighted by Crippen LogP contribution is 2.35. The van der Waals surface area contributed by atoms with E-state index < -0.39 is 5.97 Å². The first-order valence-electron chi connectivity index (χ1n) is 27.3. The van der Waals surface area contributed by atoms with Crippen LogP contribution in [0.25, 0.3) is 0 Å². The molecule has 3 N–H and O–H groups in total. The molecule has 1 aromatic carbocycles. The summed E-state index contributed by atoms with van der Waals surface area (Å²) in [5, 5.41) is 13.5. The quantitative estimate of drug-likeness (QED) is 0.0879. The minimum Gasteiger partial charge on any atom is -0.462 e. The summed E-state index contributed by atoms with van der Waals surface area (Å²) in [4.78, 5) is 85.7. The van der Waals surface area contributed by atoms with Crippen molar-refractivity contribution in [1.82, 2.24) is 44.7 Å². The van der Waals surface area contributed by atoms with E-state index >= 15 is 0 Å². The molecule has 2 aliphatic carbocycles. The third kappa shape index (κ3) is 12.8. The summed E-state index contributed by atoms with van der Waals surface area (Å²) in [7, 11) is 1.84. The van der Waals surface area contributed by atoms with E-state index in [2.05, 4.69) is 62.7 Å². The molecule has 6 heterocycles. The van der Waals surface area contributed by atoms with Crippen molar-refractivity contribution in [2.45, 2.75) is 128 Å². The van der Waals surface area contributed by atoms with Gasteiger partial charge in [-0.1, -0.05) is 25.0 Å². The second-order valence-electron chi connectivity index (χ2n) is 21.4. The van der Waals surface area contributed by atoms with Crippen molar-refractivity contribution in [1.29, 1.82) is 0 Å². The molecule has 1 unspecified atom stereocenters. The van der Waals surface area contributed by atoms with Gasteiger partial charge < -0.3 is 30.1 Å². The van der Waals surface area contributed by atoms with Gasteiger partial charge >= 0.3 is 5.97 Å². The zero-order valence-electron chi connectivity index (χ0n) is 43.0. The maximum Gasteiger partial charge on any atom is 0.343 e. The summed E-state index contributed by atoms with van der Waals surface area (Å²) in [6.07, 6.45) is 17.5. The molecule has 18 heteroatoms. The highest BCUT2D eigenvalue weighted by atomic mass is 16.5. The molecule has 0 radical (unpaired) electrons. The Morgan fingerprint density at radius 2 is 1.49 bits per heavy atom. The van der Waals surface area contributed by atoms with Crippen molar-refractivity contribution < 1.29 is 28.7 Å². The fourth-order valence-corrected chi connectivity index (χ4v) is 12.4. The number of unbranched alkanes of at least 4 members (excludes halogenated alkanes) is 1. The van der Waals surface area contributed by atoms with Crippen LogP contribution in [0.1, 0.15) is 131 Å². The normalized spacial score (nSPS) is 25.0. The summed E-state index contributed by atoms with van der Waals surface area (Å²) in [6, 6.07) is 8.91. The lowest BCUT2D eigenvalue weighted by atomic mass is 9.80. The van der Waals surface area contributed by atoms with E-state index in [1.54, 1.807) is 24.7 Å². The molecule has 9 rings (SSSR count). The van der Waals surface area contributed by atoms with Crippen LogP contribution in [-0.2, 0) is 31.0 Å². The van der Waals surface area contributed by atoms with Gasteiger partial charge in [0, 0.05) is 115 Å². The predicted octanol–water partition coefficient (Wildman–Crippen LogP) is 5.86. The molecule has 0 bridgehead atoms. The maximum absolute atomic E-state index is 13.8. The van der Waals surface area contributed by atoms with Gasteiger partial charge in [-0.25, -0.2) is 9.78 Å².